The fourth-order valence-corrected chi connectivity index (χ4v) is 2.80. The zero-order valence-corrected chi connectivity index (χ0v) is 11.7. The van der Waals surface area contributed by atoms with Crippen LogP contribution < -0.4 is 5.32 Å². The van der Waals surface area contributed by atoms with E-state index in [1.165, 1.54) is 19.3 Å². The van der Waals surface area contributed by atoms with E-state index in [2.05, 4.69) is 5.32 Å². The third kappa shape index (κ3) is 4.22. The molecule has 0 bridgehead atoms. The summed E-state index contributed by atoms with van der Waals surface area (Å²) in [5.74, 6) is 0.144. The average molecular weight is 282 g/mol. The smallest absolute Gasteiger partial charge is 0.251 e. The number of hydrogen-bond acceptors (Lipinski definition) is 2. The molecule has 2 rings (SSSR count). The van der Waals surface area contributed by atoms with Gasteiger partial charge < -0.3 is 10.4 Å². The van der Waals surface area contributed by atoms with Crippen molar-refractivity contribution in [3.8, 4) is 0 Å². The lowest BCUT2D eigenvalue weighted by Crippen LogP contribution is -2.37. The Balaban J connectivity index is 1.82. The Labute approximate surface area is 119 Å². The molecule has 0 spiro atoms. The molecule has 1 aliphatic rings. The summed E-state index contributed by atoms with van der Waals surface area (Å²) in [4.78, 5) is 11.9. The van der Waals surface area contributed by atoms with Gasteiger partial charge in [-0.1, -0.05) is 36.9 Å². The van der Waals surface area contributed by atoms with Gasteiger partial charge in [0, 0.05) is 17.1 Å². The van der Waals surface area contributed by atoms with E-state index < -0.39 is 6.10 Å². The molecule has 0 radical (unpaired) electrons. The number of amides is 1. The van der Waals surface area contributed by atoms with Crippen molar-refractivity contribution in [3.63, 3.8) is 0 Å². The molecule has 0 saturated heterocycles. The second-order valence-electron chi connectivity index (χ2n) is 5.19. The predicted molar refractivity (Wildman–Crippen MR) is 76.4 cm³/mol. The summed E-state index contributed by atoms with van der Waals surface area (Å²) in [5.41, 5.74) is 0.531. The van der Waals surface area contributed by atoms with Crippen LogP contribution in [0.1, 0.15) is 42.5 Å². The van der Waals surface area contributed by atoms with E-state index in [1.54, 1.807) is 24.3 Å². The van der Waals surface area contributed by atoms with E-state index in [4.69, 9.17) is 11.6 Å². The molecule has 4 heteroatoms. The van der Waals surface area contributed by atoms with Gasteiger partial charge in [-0.3, -0.25) is 4.79 Å². The lowest BCUT2D eigenvalue weighted by atomic mass is 9.85. The van der Waals surface area contributed by atoms with Gasteiger partial charge in [0.1, 0.15) is 0 Å². The SMILES string of the molecule is O=C(NC[C@H](O)C1CCCCC1)c1cccc(Cl)c1. The molecular formula is C15H20ClNO2. The van der Waals surface area contributed by atoms with Gasteiger partial charge in [0.2, 0.25) is 0 Å². The van der Waals surface area contributed by atoms with Crippen molar-refractivity contribution in [1.82, 2.24) is 5.32 Å². The summed E-state index contributed by atoms with van der Waals surface area (Å²) >= 11 is 5.84. The molecule has 1 fully saturated rings. The molecule has 1 atom stereocenters. The van der Waals surface area contributed by atoms with Crippen LogP contribution in [0.25, 0.3) is 0 Å². The maximum absolute atomic E-state index is 11.9. The summed E-state index contributed by atoms with van der Waals surface area (Å²) in [6.45, 7) is 0.315. The molecule has 0 aromatic heterocycles. The fraction of sp³-hybridized carbons (Fsp3) is 0.533. The Morgan fingerprint density at radius 1 is 1.37 bits per heavy atom. The molecule has 1 saturated carbocycles. The van der Waals surface area contributed by atoms with Crippen molar-refractivity contribution in [2.45, 2.75) is 38.2 Å². The van der Waals surface area contributed by atoms with E-state index in [9.17, 15) is 9.90 Å². The fourth-order valence-electron chi connectivity index (χ4n) is 2.61. The van der Waals surface area contributed by atoms with Crippen molar-refractivity contribution in [2.75, 3.05) is 6.54 Å². The van der Waals surface area contributed by atoms with Gasteiger partial charge in [-0.15, -0.1) is 0 Å². The number of benzene rings is 1. The van der Waals surface area contributed by atoms with E-state index in [0.717, 1.165) is 12.8 Å². The highest BCUT2D eigenvalue weighted by Gasteiger charge is 2.22. The van der Waals surface area contributed by atoms with Crippen molar-refractivity contribution < 1.29 is 9.90 Å². The number of carbonyl (C=O) groups is 1. The minimum Gasteiger partial charge on any atom is -0.391 e. The van der Waals surface area contributed by atoms with Gasteiger partial charge in [0.15, 0.2) is 0 Å². The lowest BCUT2D eigenvalue weighted by molar-refractivity contribution is 0.0738. The van der Waals surface area contributed by atoms with Gasteiger partial charge in [-0.25, -0.2) is 0 Å². The van der Waals surface area contributed by atoms with Crippen LogP contribution in [0.4, 0.5) is 0 Å². The van der Waals surface area contributed by atoms with Gasteiger partial charge >= 0.3 is 0 Å². The first-order valence-corrected chi connectivity index (χ1v) is 7.26. The number of hydrogen-bond donors (Lipinski definition) is 2. The zero-order valence-electron chi connectivity index (χ0n) is 10.9. The standard InChI is InChI=1S/C15H20ClNO2/c16-13-8-4-7-12(9-13)15(19)17-10-14(18)11-5-2-1-3-6-11/h4,7-9,11,14,18H,1-3,5-6,10H2,(H,17,19)/t14-/m0/s1. The minimum atomic E-state index is -0.441. The molecule has 1 aromatic carbocycles. The second-order valence-corrected chi connectivity index (χ2v) is 5.62. The second kappa shape index (κ2) is 6.92. The Kier molecular flexibility index (Phi) is 5.23. The average Bonchev–Trinajstić information content (AvgIpc) is 2.45. The van der Waals surface area contributed by atoms with Crippen molar-refractivity contribution in [1.29, 1.82) is 0 Å². The molecule has 1 aliphatic carbocycles. The summed E-state index contributed by atoms with van der Waals surface area (Å²) < 4.78 is 0. The first-order chi connectivity index (χ1) is 9.16. The van der Waals surface area contributed by atoms with Crippen LogP contribution in [0.15, 0.2) is 24.3 Å². The first-order valence-electron chi connectivity index (χ1n) is 6.88. The van der Waals surface area contributed by atoms with Crippen LogP contribution in [0.2, 0.25) is 5.02 Å². The maximum Gasteiger partial charge on any atom is 0.251 e. The zero-order chi connectivity index (χ0) is 13.7. The largest absolute Gasteiger partial charge is 0.391 e. The van der Waals surface area contributed by atoms with Crippen LogP contribution in [0.5, 0.6) is 0 Å². The molecule has 1 aromatic rings. The van der Waals surface area contributed by atoms with E-state index >= 15 is 0 Å². The van der Waals surface area contributed by atoms with Gasteiger partial charge in [-0.05, 0) is 37.0 Å². The molecule has 0 heterocycles. The minimum absolute atomic E-state index is 0.183. The number of aliphatic hydroxyl groups is 1. The van der Waals surface area contributed by atoms with E-state index in [-0.39, 0.29) is 5.91 Å². The molecule has 3 nitrogen and oxygen atoms in total. The number of aliphatic hydroxyl groups excluding tert-OH is 1. The molecule has 0 unspecified atom stereocenters. The molecule has 1 amide bonds. The number of halogens is 1. The van der Waals surface area contributed by atoms with E-state index in [1.807, 2.05) is 0 Å². The highest BCUT2D eigenvalue weighted by molar-refractivity contribution is 6.30. The lowest BCUT2D eigenvalue weighted by Gasteiger charge is -2.26. The Hall–Kier alpha value is -1.06. The molecule has 2 N–H and O–H groups in total. The summed E-state index contributed by atoms with van der Waals surface area (Å²) in [5, 5.41) is 13.4. The van der Waals surface area contributed by atoms with Crippen molar-refractivity contribution in [2.24, 2.45) is 5.92 Å². The first kappa shape index (κ1) is 14.4. The third-order valence-electron chi connectivity index (χ3n) is 3.75. The Morgan fingerprint density at radius 2 is 2.11 bits per heavy atom. The summed E-state index contributed by atoms with van der Waals surface area (Å²) in [7, 11) is 0. The quantitative estimate of drug-likeness (QED) is 0.891. The number of nitrogens with one attached hydrogen (secondary N) is 1. The van der Waals surface area contributed by atoms with Crippen molar-refractivity contribution >= 4 is 17.5 Å². The Morgan fingerprint density at radius 3 is 2.79 bits per heavy atom. The summed E-state index contributed by atoms with van der Waals surface area (Å²) in [6, 6.07) is 6.82. The van der Waals surface area contributed by atoms with Crippen LogP contribution in [0, 0.1) is 5.92 Å². The monoisotopic (exact) mass is 281 g/mol. The highest BCUT2D eigenvalue weighted by Crippen LogP contribution is 2.26. The van der Waals surface area contributed by atoms with Crippen molar-refractivity contribution in [3.05, 3.63) is 34.9 Å². The third-order valence-corrected chi connectivity index (χ3v) is 3.99. The van der Waals surface area contributed by atoms with Gasteiger partial charge in [0.25, 0.3) is 5.91 Å². The topological polar surface area (TPSA) is 49.3 Å². The number of carbonyl (C=O) groups excluding carboxylic acids is 1. The van der Waals surface area contributed by atoms with E-state index in [0.29, 0.717) is 23.0 Å². The van der Waals surface area contributed by atoms with Gasteiger partial charge in [0.05, 0.1) is 6.10 Å². The van der Waals surface area contributed by atoms with Crippen LogP contribution in [-0.2, 0) is 0 Å². The number of rotatable bonds is 4. The summed E-state index contributed by atoms with van der Waals surface area (Å²) in [6.07, 6.45) is 5.32. The molecule has 0 aliphatic heterocycles. The van der Waals surface area contributed by atoms with Gasteiger partial charge in [-0.2, -0.15) is 0 Å². The van der Waals surface area contributed by atoms with Crippen LogP contribution in [-0.4, -0.2) is 23.7 Å². The highest BCUT2D eigenvalue weighted by atomic mass is 35.5. The molecular weight excluding hydrogens is 262 g/mol. The van der Waals surface area contributed by atoms with Crippen LogP contribution in [0.3, 0.4) is 0 Å². The molecule has 104 valence electrons. The molecule has 19 heavy (non-hydrogen) atoms. The van der Waals surface area contributed by atoms with Crippen LogP contribution >= 0.6 is 11.6 Å². The predicted octanol–water partition coefficient (Wildman–Crippen LogP) is 3.01. The Bertz CT molecular complexity index is 430. The maximum atomic E-state index is 11.9. The normalized spacial score (nSPS) is 18.0.